The zero-order valence-electron chi connectivity index (χ0n) is 18.2. The van der Waals surface area contributed by atoms with Gasteiger partial charge in [0.05, 0.1) is 24.7 Å². The lowest BCUT2D eigenvalue weighted by molar-refractivity contribution is -0.215. The average Bonchev–Trinajstić information content (AvgIpc) is 2.89. The molecule has 0 bridgehead atoms. The molecule has 0 spiro atoms. The molecule has 1 saturated heterocycles. The van der Waals surface area contributed by atoms with E-state index >= 15 is 0 Å². The summed E-state index contributed by atoms with van der Waals surface area (Å²) in [5.74, 6) is -2.20. The summed E-state index contributed by atoms with van der Waals surface area (Å²) in [6.45, 7) is 0.560. The summed E-state index contributed by atoms with van der Waals surface area (Å²) in [6, 6.07) is 20.8. The molecule has 0 N–H and O–H groups in total. The maximum absolute atomic E-state index is 14.1. The van der Waals surface area contributed by atoms with Crippen molar-refractivity contribution < 1.29 is 31.7 Å². The van der Waals surface area contributed by atoms with E-state index in [1.54, 1.807) is 59.5 Å². The maximum atomic E-state index is 14.1. The van der Waals surface area contributed by atoms with Crippen LogP contribution in [0.15, 0.2) is 83.8 Å². The Morgan fingerprint density at radius 1 is 1.00 bits per heavy atom. The molecule has 9 heteroatoms. The highest BCUT2D eigenvalue weighted by atomic mass is 32.2. The number of carbonyl (C=O) groups excluding carboxylic acids is 1. The normalized spacial score (nSPS) is 19.1. The molecule has 1 aliphatic rings. The first-order valence-electron chi connectivity index (χ1n) is 10.7. The molecule has 1 amide bonds. The fourth-order valence-corrected chi connectivity index (χ4v) is 4.44. The summed E-state index contributed by atoms with van der Waals surface area (Å²) >= 11 is -1.83. The molecule has 6 nitrogen and oxygen atoms in total. The van der Waals surface area contributed by atoms with E-state index in [0.717, 1.165) is 12.1 Å². The molecular weight excluding hydrogens is 464 g/mol. The smallest absolute Gasteiger partial charge is 0.254 e. The molecule has 4 rings (SSSR count). The fourth-order valence-electron chi connectivity index (χ4n) is 3.83. The molecule has 0 radical (unpaired) electrons. The second-order valence-corrected chi connectivity index (χ2v) is 8.83. The van der Waals surface area contributed by atoms with Gasteiger partial charge in [-0.3, -0.25) is 4.79 Å². The van der Waals surface area contributed by atoms with E-state index in [2.05, 4.69) is 0 Å². The SMILES string of the molecule is O=C(c1ccccc1)N1CCOC(CCOOS(=O)c2ccccc2)(c2ccc(F)c(F)c2)C1. The van der Waals surface area contributed by atoms with Crippen molar-refractivity contribution in [2.75, 3.05) is 26.3 Å². The third-order valence-electron chi connectivity index (χ3n) is 5.57. The molecular formula is C25H23F2NO5S. The van der Waals surface area contributed by atoms with Crippen molar-refractivity contribution in [3.8, 4) is 0 Å². The van der Waals surface area contributed by atoms with Crippen molar-refractivity contribution in [3.63, 3.8) is 0 Å². The minimum absolute atomic E-state index is 0.0645. The van der Waals surface area contributed by atoms with Crippen LogP contribution in [-0.4, -0.2) is 41.3 Å². The lowest BCUT2D eigenvalue weighted by atomic mass is 9.88. The van der Waals surface area contributed by atoms with Crippen LogP contribution in [0, 0.1) is 11.6 Å². The van der Waals surface area contributed by atoms with Gasteiger partial charge in [-0.25, -0.2) is 17.9 Å². The molecule has 1 fully saturated rings. The van der Waals surface area contributed by atoms with Gasteiger partial charge in [0.1, 0.15) is 5.60 Å². The topological polar surface area (TPSA) is 65.1 Å². The largest absolute Gasteiger partial charge is 0.366 e. The Morgan fingerprint density at radius 3 is 2.41 bits per heavy atom. The van der Waals surface area contributed by atoms with Gasteiger partial charge in [-0.1, -0.05) is 42.5 Å². The number of morpholine rings is 1. The van der Waals surface area contributed by atoms with E-state index in [1.807, 2.05) is 6.07 Å². The molecule has 1 heterocycles. The van der Waals surface area contributed by atoms with Crippen LogP contribution >= 0.6 is 0 Å². The Bertz CT molecular complexity index is 1150. The van der Waals surface area contributed by atoms with Gasteiger partial charge >= 0.3 is 0 Å². The summed E-state index contributed by atoms with van der Waals surface area (Å²) < 4.78 is 51.0. The quantitative estimate of drug-likeness (QED) is 0.268. The Balaban J connectivity index is 1.51. The molecule has 2 unspecified atom stereocenters. The summed E-state index contributed by atoms with van der Waals surface area (Å²) in [4.78, 5) is 20.3. The second-order valence-electron chi connectivity index (χ2n) is 7.75. The van der Waals surface area contributed by atoms with Crippen molar-refractivity contribution in [3.05, 3.63) is 102 Å². The van der Waals surface area contributed by atoms with Crippen LogP contribution in [0.4, 0.5) is 8.78 Å². The Labute approximate surface area is 198 Å². The lowest BCUT2D eigenvalue weighted by Gasteiger charge is -2.43. The highest BCUT2D eigenvalue weighted by Gasteiger charge is 2.40. The van der Waals surface area contributed by atoms with Gasteiger partial charge in [0, 0.05) is 18.5 Å². The minimum atomic E-state index is -1.83. The van der Waals surface area contributed by atoms with Crippen LogP contribution in [0.2, 0.25) is 0 Å². The highest BCUT2D eigenvalue weighted by molar-refractivity contribution is 7.80. The number of amides is 1. The van der Waals surface area contributed by atoms with Crippen molar-refractivity contribution in [2.45, 2.75) is 16.9 Å². The van der Waals surface area contributed by atoms with Crippen LogP contribution in [0.1, 0.15) is 22.3 Å². The summed E-state index contributed by atoms with van der Waals surface area (Å²) in [5.41, 5.74) is -0.291. The van der Waals surface area contributed by atoms with Crippen LogP contribution in [-0.2, 0) is 30.6 Å². The van der Waals surface area contributed by atoms with Crippen LogP contribution in [0.5, 0.6) is 0 Å². The predicted molar refractivity (Wildman–Crippen MR) is 121 cm³/mol. The molecule has 1 aliphatic heterocycles. The van der Waals surface area contributed by atoms with E-state index in [-0.39, 0.29) is 32.1 Å². The van der Waals surface area contributed by atoms with Crippen LogP contribution in [0.3, 0.4) is 0 Å². The van der Waals surface area contributed by atoms with E-state index in [4.69, 9.17) is 14.0 Å². The first-order chi connectivity index (χ1) is 16.5. The van der Waals surface area contributed by atoms with Gasteiger partial charge in [0.15, 0.2) is 11.6 Å². The van der Waals surface area contributed by atoms with E-state index < -0.39 is 28.3 Å². The zero-order chi connectivity index (χ0) is 24.0. The van der Waals surface area contributed by atoms with Crippen molar-refractivity contribution in [2.24, 2.45) is 0 Å². The van der Waals surface area contributed by atoms with E-state index in [1.165, 1.54) is 6.07 Å². The van der Waals surface area contributed by atoms with Gasteiger partial charge in [0.25, 0.3) is 5.91 Å². The molecule has 0 aromatic heterocycles. The second kappa shape index (κ2) is 11.0. The number of rotatable bonds is 8. The zero-order valence-corrected chi connectivity index (χ0v) is 19.0. The monoisotopic (exact) mass is 487 g/mol. The number of ether oxygens (including phenoxy) is 1. The van der Waals surface area contributed by atoms with E-state index in [9.17, 15) is 17.8 Å². The molecule has 178 valence electrons. The molecule has 0 saturated carbocycles. The molecule has 34 heavy (non-hydrogen) atoms. The first kappa shape index (κ1) is 24.2. The summed E-state index contributed by atoms with van der Waals surface area (Å²) in [6.07, 6.45) is 0.141. The van der Waals surface area contributed by atoms with Gasteiger partial charge in [-0.2, -0.15) is 0 Å². The molecule has 0 aliphatic carbocycles. The van der Waals surface area contributed by atoms with E-state index in [0.29, 0.717) is 22.6 Å². The van der Waals surface area contributed by atoms with Crippen molar-refractivity contribution in [1.29, 1.82) is 0 Å². The van der Waals surface area contributed by atoms with Gasteiger partial charge in [-0.15, -0.1) is 4.33 Å². The average molecular weight is 488 g/mol. The summed E-state index contributed by atoms with van der Waals surface area (Å²) in [7, 11) is 0. The Hall–Kier alpha value is -2.98. The predicted octanol–water partition coefficient (Wildman–Crippen LogP) is 4.39. The number of hydrogen-bond acceptors (Lipinski definition) is 5. The van der Waals surface area contributed by atoms with Crippen LogP contribution < -0.4 is 0 Å². The van der Waals surface area contributed by atoms with Gasteiger partial charge in [0.2, 0.25) is 11.1 Å². The summed E-state index contributed by atoms with van der Waals surface area (Å²) in [5, 5.41) is 0. The third kappa shape index (κ3) is 5.56. The van der Waals surface area contributed by atoms with Crippen LogP contribution in [0.25, 0.3) is 0 Å². The molecule has 3 aromatic rings. The van der Waals surface area contributed by atoms with Crippen molar-refractivity contribution >= 4 is 17.0 Å². The van der Waals surface area contributed by atoms with Gasteiger partial charge in [-0.05, 0) is 42.0 Å². The number of carbonyl (C=O) groups is 1. The minimum Gasteiger partial charge on any atom is -0.366 e. The first-order valence-corrected chi connectivity index (χ1v) is 11.8. The molecule has 3 aromatic carbocycles. The fraction of sp³-hybridized carbons (Fsp3) is 0.240. The maximum Gasteiger partial charge on any atom is 0.254 e. The Kier molecular flexibility index (Phi) is 7.79. The standard InChI is InChI=1S/C25H23F2NO5S/c26-22-12-11-20(17-23(22)27)25(13-15-32-33-34(30)21-9-5-2-6-10-21)18-28(14-16-31-25)24(29)19-7-3-1-4-8-19/h1-12,17H,13-16,18H2. The Morgan fingerprint density at radius 2 is 1.71 bits per heavy atom. The number of nitrogens with zero attached hydrogens (tertiary/aromatic N) is 1. The lowest BCUT2D eigenvalue weighted by Crippen LogP contribution is -2.52. The molecule has 2 atom stereocenters. The number of hydrogen-bond donors (Lipinski definition) is 0. The van der Waals surface area contributed by atoms with Crippen molar-refractivity contribution in [1.82, 2.24) is 4.90 Å². The third-order valence-corrected chi connectivity index (χ3v) is 6.45. The van der Waals surface area contributed by atoms with Gasteiger partial charge < -0.3 is 9.64 Å². The highest BCUT2D eigenvalue weighted by Crippen LogP contribution is 2.35. The number of halogens is 2. The number of benzene rings is 3.